The van der Waals surface area contributed by atoms with Crippen LogP contribution in [0.4, 0.5) is 11.4 Å². The van der Waals surface area contributed by atoms with Crippen molar-refractivity contribution in [2.45, 2.75) is 25.5 Å². The molecule has 6 heteroatoms. The Labute approximate surface area is 210 Å². The van der Waals surface area contributed by atoms with E-state index in [-0.39, 0.29) is 16.7 Å². The molecule has 0 amide bonds. The predicted octanol–water partition coefficient (Wildman–Crippen LogP) is 6.53. The molecule has 5 rings (SSSR count). The molecule has 0 N–H and O–H groups in total. The summed E-state index contributed by atoms with van der Waals surface area (Å²) in [4.78, 5) is 13.1. The maximum Gasteiger partial charge on any atom is 0.269 e. The number of ether oxygens (including phenoxy) is 2. The van der Waals surface area contributed by atoms with Gasteiger partial charge in [0.05, 0.1) is 18.1 Å². The lowest BCUT2D eigenvalue weighted by Gasteiger charge is -2.39. The molecule has 0 bridgehead atoms. The standard InChI is InChI=1S/C30H28N2O4/c1-35-28-15-16-29-24(20-28)17-18-31(25-9-11-26(12-10-25)32(33)34)30(29)19-22-7-13-27(14-8-22)36-21-23-5-3-2-4-6-23/h2-16,20,30H,17-19,21H2,1H3. The maximum absolute atomic E-state index is 11.1. The zero-order chi connectivity index (χ0) is 24.9. The maximum atomic E-state index is 11.1. The smallest absolute Gasteiger partial charge is 0.269 e. The number of rotatable bonds is 8. The molecule has 4 aromatic rings. The van der Waals surface area contributed by atoms with Crippen LogP contribution in [0.25, 0.3) is 0 Å². The van der Waals surface area contributed by atoms with Crippen molar-refractivity contribution in [2.24, 2.45) is 0 Å². The molecule has 182 valence electrons. The van der Waals surface area contributed by atoms with Gasteiger partial charge in [0.25, 0.3) is 5.69 Å². The molecule has 1 atom stereocenters. The fraction of sp³-hybridized carbons (Fsp3) is 0.200. The number of anilines is 1. The second-order valence-electron chi connectivity index (χ2n) is 8.92. The van der Waals surface area contributed by atoms with Crippen molar-refractivity contribution < 1.29 is 14.4 Å². The number of hydrogen-bond donors (Lipinski definition) is 0. The molecule has 0 aromatic heterocycles. The van der Waals surface area contributed by atoms with Crippen LogP contribution in [0.1, 0.15) is 28.3 Å². The van der Waals surface area contributed by atoms with Gasteiger partial charge in [-0.2, -0.15) is 0 Å². The Hall–Kier alpha value is -4.32. The van der Waals surface area contributed by atoms with Crippen molar-refractivity contribution >= 4 is 11.4 Å². The predicted molar refractivity (Wildman–Crippen MR) is 141 cm³/mol. The van der Waals surface area contributed by atoms with Crippen LogP contribution in [-0.2, 0) is 19.4 Å². The largest absolute Gasteiger partial charge is 0.497 e. The highest BCUT2D eigenvalue weighted by Crippen LogP contribution is 2.38. The molecule has 0 saturated heterocycles. The highest BCUT2D eigenvalue weighted by atomic mass is 16.6. The Morgan fingerprint density at radius 3 is 2.31 bits per heavy atom. The van der Waals surface area contributed by atoms with Crippen molar-refractivity contribution in [3.8, 4) is 11.5 Å². The fourth-order valence-corrected chi connectivity index (χ4v) is 4.80. The van der Waals surface area contributed by atoms with Gasteiger partial charge < -0.3 is 14.4 Å². The normalized spacial score (nSPS) is 14.7. The minimum Gasteiger partial charge on any atom is -0.497 e. The van der Waals surface area contributed by atoms with Gasteiger partial charge in [-0.25, -0.2) is 0 Å². The van der Waals surface area contributed by atoms with E-state index in [1.54, 1.807) is 19.2 Å². The summed E-state index contributed by atoms with van der Waals surface area (Å²) in [6.45, 7) is 1.35. The third-order valence-corrected chi connectivity index (χ3v) is 6.70. The second kappa shape index (κ2) is 10.5. The lowest BCUT2D eigenvalue weighted by atomic mass is 9.88. The number of nitro groups is 1. The van der Waals surface area contributed by atoms with Crippen LogP contribution in [0, 0.1) is 10.1 Å². The van der Waals surface area contributed by atoms with Gasteiger partial charge in [-0.3, -0.25) is 10.1 Å². The summed E-state index contributed by atoms with van der Waals surface area (Å²) in [6, 6.07) is 31.6. The number of non-ortho nitro benzene ring substituents is 1. The first-order chi connectivity index (χ1) is 17.6. The molecule has 0 spiro atoms. The summed E-state index contributed by atoms with van der Waals surface area (Å²) in [6.07, 6.45) is 1.68. The Morgan fingerprint density at radius 2 is 1.61 bits per heavy atom. The number of fused-ring (bicyclic) bond motifs is 1. The average molecular weight is 481 g/mol. The van der Waals surface area contributed by atoms with E-state index in [0.29, 0.717) is 6.61 Å². The van der Waals surface area contributed by atoms with E-state index < -0.39 is 0 Å². The summed E-state index contributed by atoms with van der Waals surface area (Å²) in [7, 11) is 1.69. The Kier molecular flexibility index (Phi) is 6.85. The van der Waals surface area contributed by atoms with E-state index in [1.165, 1.54) is 16.7 Å². The summed E-state index contributed by atoms with van der Waals surface area (Å²) < 4.78 is 11.4. The first-order valence-electron chi connectivity index (χ1n) is 12.0. The van der Waals surface area contributed by atoms with Crippen LogP contribution >= 0.6 is 0 Å². The van der Waals surface area contributed by atoms with E-state index in [1.807, 2.05) is 48.5 Å². The molecule has 36 heavy (non-hydrogen) atoms. The van der Waals surface area contributed by atoms with Gasteiger partial charge in [0, 0.05) is 24.4 Å². The topological polar surface area (TPSA) is 64.8 Å². The molecular weight excluding hydrogens is 452 g/mol. The van der Waals surface area contributed by atoms with Crippen molar-refractivity contribution in [1.82, 2.24) is 0 Å². The van der Waals surface area contributed by atoms with Gasteiger partial charge in [0.15, 0.2) is 0 Å². The molecule has 0 aliphatic carbocycles. The Morgan fingerprint density at radius 1 is 0.889 bits per heavy atom. The van der Waals surface area contributed by atoms with E-state index in [9.17, 15) is 10.1 Å². The molecule has 1 heterocycles. The van der Waals surface area contributed by atoms with Gasteiger partial charge in [-0.1, -0.05) is 48.5 Å². The quantitative estimate of drug-likeness (QED) is 0.212. The van der Waals surface area contributed by atoms with E-state index in [4.69, 9.17) is 9.47 Å². The van der Waals surface area contributed by atoms with E-state index in [0.717, 1.165) is 42.1 Å². The third-order valence-electron chi connectivity index (χ3n) is 6.70. The molecular formula is C30H28N2O4. The molecule has 4 aromatic carbocycles. The number of methoxy groups -OCH3 is 1. The van der Waals surface area contributed by atoms with Crippen LogP contribution in [0.5, 0.6) is 11.5 Å². The fourth-order valence-electron chi connectivity index (χ4n) is 4.80. The molecule has 0 fully saturated rings. The zero-order valence-corrected chi connectivity index (χ0v) is 20.2. The minimum absolute atomic E-state index is 0.0946. The van der Waals surface area contributed by atoms with E-state index >= 15 is 0 Å². The Balaban J connectivity index is 1.39. The molecule has 1 aliphatic rings. The minimum atomic E-state index is -0.361. The van der Waals surface area contributed by atoms with Gasteiger partial charge in [0.1, 0.15) is 18.1 Å². The SMILES string of the molecule is COc1ccc2c(c1)CCN(c1ccc([N+](=O)[O-])cc1)C2Cc1ccc(OCc2ccccc2)cc1. The highest BCUT2D eigenvalue weighted by Gasteiger charge is 2.28. The molecule has 0 radical (unpaired) electrons. The number of nitrogens with zero attached hydrogens (tertiary/aromatic N) is 2. The molecule has 0 saturated carbocycles. The lowest BCUT2D eigenvalue weighted by Crippen LogP contribution is -2.36. The summed E-state index contributed by atoms with van der Waals surface area (Å²) in [5, 5.41) is 11.1. The lowest BCUT2D eigenvalue weighted by molar-refractivity contribution is -0.384. The third kappa shape index (κ3) is 5.18. The van der Waals surface area contributed by atoms with Crippen LogP contribution < -0.4 is 14.4 Å². The molecule has 6 nitrogen and oxygen atoms in total. The van der Waals surface area contributed by atoms with Crippen molar-refractivity contribution in [2.75, 3.05) is 18.6 Å². The average Bonchev–Trinajstić information content (AvgIpc) is 2.93. The van der Waals surface area contributed by atoms with Crippen LogP contribution in [-0.4, -0.2) is 18.6 Å². The van der Waals surface area contributed by atoms with Gasteiger partial charge in [-0.15, -0.1) is 0 Å². The molecule has 1 aliphatic heterocycles. The first-order valence-corrected chi connectivity index (χ1v) is 12.0. The first kappa shape index (κ1) is 23.4. The number of benzene rings is 4. The van der Waals surface area contributed by atoms with Gasteiger partial charge in [-0.05, 0) is 71.5 Å². The number of hydrogen-bond acceptors (Lipinski definition) is 5. The van der Waals surface area contributed by atoms with Crippen LogP contribution in [0.15, 0.2) is 97.1 Å². The second-order valence-corrected chi connectivity index (χ2v) is 8.92. The zero-order valence-electron chi connectivity index (χ0n) is 20.2. The summed E-state index contributed by atoms with van der Waals surface area (Å²) in [5.41, 5.74) is 5.95. The van der Waals surface area contributed by atoms with Gasteiger partial charge in [0.2, 0.25) is 0 Å². The highest BCUT2D eigenvalue weighted by molar-refractivity contribution is 5.56. The van der Waals surface area contributed by atoms with Crippen LogP contribution in [0.2, 0.25) is 0 Å². The van der Waals surface area contributed by atoms with Gasteiger partial charge >= 0.3 is 0 Å². The summed E-state index contributed by atoms with van der Waals surface area (Å²) in [5.74, 6) is 1.69. The van der Waals surface area contributed by atoms with E-state index in [2.05, 4.69) is 41.3 Å². The monoisotopic (exact) mass is 480 g/mol. The van der Waals surface area contributed by atoms with Crippen molar-refractivity contribution in [3.63, 3.8) is 0 Å². The Bertz CT molecular complexity index is 1320. The van der Waals surface area contributed by atoms with Crippen molar-refractivity contribution in [3.05, 3.63) is 129 Å². The van der Waals surface area contributed by atoms with Crippen LogP contribution in [0.3, 0.4) is 0 Å². The number of nitro benzene ring substituents is 1. The molecule has 1 unspecified atom stereocenters. The van der Waals surface area contributed by atoms with Crippen molar-refractivity contribution in [1.29, 1.82) is 0 Å². The summed E-state index contributed by atoms with van der Waals surface area (Å²) >= 11 is 0.